The van der Waals surface area contributed by atoms with Crippen molar-refractivity contribution < 1.29 is 14.7 Å². The van der Waals surface area contributed by atoms with Crippen molar-refractivity contribution in [2.45, 2.75) is 31.7 Å². The molecule has 2 heterocycles. The molecule has 1 unspecified atom stereocenters. The number of carbonyl (C=O) groups is 2. The lowest BCUT2D eigenvalue weighted by Crippen LogP contribution is -2.52. The van der Waals surface area contributed by atoms with E-state index in [4.69, 9.17) is 0 Å². The first-order valence-electron chi connectivity index (χ1n) is 6.25. The van der Waals surface area contributed by atoms with Crippen molar-refractivity contribution in [3.05, 3.63) is 34.2 Å². The summed E-state index contributed by atoms with van der Waals surface area (Å²) in [6.07, 6.45) is 2.86. The number of aromatic nitrogens is 1. The van der Waals surface area contributed by atoms with Gasteiger partial charge in [-0.1, -0.05) is 6.92 Å². The lowest BCUT2D eigenvalue weighted by atomic mass is 9.92. The summed E-state index contributed by atoms with van der Waals surface area (Å²) in [4.78, 5) is 38.9. The number of hydrogen-bond acceptors (Lipinski definition) is 3. The highest BCUT2D eigenvalue weighted by atomic mass is 16.4. The fourth-order valence-electron chi connectivity index (χ4n) is 2.65. The van der Waals surface area contributed by atoms with Crippen LogP contribution in [0.5, 0.6) is 0 Å². The van der Waals surface area contributed by atoms with E-state index >= 15 is 0 Å². The third-order valence-corrected chi connectivity index (χ3v) is 3.74. The fourth-order valence-corrected chi connectivity index (χ4v) is 2.65. The van der Waals surface area contributed by atoms with E-state index < -0.39 is 17.4 Å². The van der Waals surface area contributed by atoms with Gasteiger partial charge in [0.2, 0.25) is 5.56 Å². The molecular formula is C13H16N2O4. The number of rotatable bonds is 3. The topological polar surface area (TPSA) is 90.5 Å². The van der Waals surface area contributed by atoms with Crippen molar-refractivity contribution in [3.63, 3.8) is 0 Å². The predicted octanol–water partition coefficient (Wildman–Crippen LogP) is 0.844. The molecular weight excluding hydrogens is 248 g/mol. The zero-order chi connectivity index (χ0) is 14.0. The Morgan fingerprint density at radius 3 is 2.84 bits per heavy atom. The number of hydrogen-bond donors (Lipinski definition) is 2. The number of amides is 1. The number of H-pyrrole nitrogens is 1. The average molecular weight is 264 g/mol. The van der Waals surface area contributed by atoms with Gasteiger partial charge in [-0.3, -0.25) is 9.59 Å². The van der Waals surface area contributed by atoms with Gasteiger partial charge in [0.15, 0.2) is 0 Å². The third-order valence-electron chi connectivity index (χ3n) is 3.74. The number of aromatic amines is 1. The standard InChI is InChI=1S/C13H16N2O4/c1-2-13(12(18)19)5-3-7-15(13)11(17)9-4-6-14-10(16)8-9/h4,6,8H,2-3,5,7H2,1H3,(H,14,16)(H,18,19). The van der Waals surface area contributed by atoms with E-state index in [9.17, 15) is 19.5 Å². The van der Waals surface area contributed by atoms with Gasteiger partial charge in [0.1, 0.15) is 5.54 Å². The maximum absolute atomic E-state index is 12.4. The van der Waals surface area contributed by atoms with Gasteiger partial charge in [-0.25, -0.2) is 4.79 Å². The summed E-state index contributed by atoms with van der Waals surface area (Å²) in [5.74, 6) is -1.38. The number of carboxylic acid groups (broad SMARTS) is 1. The smallest absolute Gasteiger partial charge is 0.329 e. The maximum atomic E-state index is 12.4. The SMILES string of the molecule is CCC1(C(=O)O)CCCN1C(=O)c1cc[nH]c(=O)c1. The zero-order valence-corrected chi connectivity index (χ0v) is 10.7. The summed E-state index contributed by atoms with van der Waals surface area (Å²) in [6.45, 7) is 2.17. The van der Waals surface area contributed by atoms with E-state index in [2.05, 4.69) is 4.98 Å². The molecule has 2 N–H and O–H groups in total. The average Bonchev–Trinajstić information content (AvgIpc) is 2.82. The van der Waals surface area contributed by atoms with Crippen LogP contribution in [0.15, 0.2) is 23.1 Å². The molecule has 0 saturated carbocycles. The monoisotopic (exact) mass is 264 g/mol. The molecule has 6 heteroatoms. The van der Waals surface area contributed by atoms with Gasteiger partial charge >= 0.3 is 5.97 Å². The van der Waals surface area contributed by atoms with Gasteiger partial charge in [-0.05, 0) is 25.3 Å². The van der Waals surface area contributed by atoms with Gasteiger partial charge in [-0.15, -0.1) is 0 Å². The second-order valence-corrected chi connectivity index (χ2v) is 4.69. The molecule has 0 aliphatic carbocycles. The van der Waals surface area contributed by atoms with Crippen molar-refractivity contribution in [2.24, 2.45) is 0 Å². The first-order chi connectivity index (χ1) is 9.01. The minimum absolute atomic E-state index is 0.227. The van der Waals surface area contributed by atoms with Crippen LogP contribution in [0.3, 0.4) is 0 Å². The number of aliphatic carboxylic acids is 1. The zero-order valence-electron chi connectivity index (χ0n) is 10.7. The van der Waals surface area contributed by atoms with Gasteiger partial charge in [0, 0.05) is 24.4 Å². The van der Waals surface area contributed by atoms with Crippen molar-refractivity contribution in [1.29, 1.82) is 0 Å². The Kier molecular flexibility index (Phi) is 3.42. The summed E-state index contributed by atoms with van der Waals surface area (Å²) in [5, 5.41) is 9.42. The molecule has 6 nitrogen and oxygen atoms in total. The van der Waals surface area contributed by atoms with Crippen LogP contribution < -0.4 is 5.56 Å². The van der Waals surface area contributed by atoms with Crippen LogP contribution in [0.2, 0.25) is 0 Å². The lowest BCUT2D eigenvalue weighted by molar-refractivity contribution is -0.148. The second-order valence-electron chi connectivity index (χ2n) is 4.69. The third kappa shape index (κ3) is 2.14. The molecule has 19 heavy (non-hydrogen) atoms. The van der Waals surface area contributed by atoms with Crippen LogP contribution in [-0.2, 0) is 4.79 Å². The molecule has 0 aromatic carbocycles. The highest BCUT2D eigenvalue weighted by Gasteiger charge is 2.48. The van der Waals surface area contributed by atoms with Crippen molar-refractivity contribution in [3.8, 4) is 0 Å². The van der Waals surface area contributed by atoms with E-state index in [1.807, 2.05) is 0 Å². The number of carbonyl (C=O) groups excluding carboxylic acids is 1. The molecule has 1 fully saturated rings. The Labute approximate surface area is 110 Å². The molecule has 1 aromatic rings. The van der Waals surface area contributed by atoms with E-state index in [0.717, 1.165) is 0 Å². The Bertz CT molecular complexity index is 566. The van der Waals surface area contributed by atoms with E-state index in [1.54, 1.807) is 6.92 Å². The van der Waals surface area contributed by atoms with Crippen LogP contribution in [0.25, 0.3) is 0 Å². The molecule has 1 atom stereocenters. The molecule has 1 aliphatic rings. The van der Waals surface area contributed by atoms with Crippen LogP contribution in [0.1, 0.15) is 36.5 Å². The Morgan fingerprint density at radius 1 is 1.53 bits per heavy atom. The van der Waals surface area contributed by atoms with Crippen LogP contribution in [0, 0.1) is 0 Å². The maximum Gasteiger partial charge on any atom is 0.329 e. The molecule has 1 saturated heterocycles. The number of nitrogens with zero attached hydrogens (tertiary/aromatic N) is 1. The second kappa shape index (κ2) is 4.87. The summed E-state index contributed by atoms with van der Waals surface area (Å²) in [6, 6.07) is 2.69. The van der Waals surface area contributed by atoms with Crippen molar-refractivity contribution in [1.82, 2.24) is 9.88 Å². The number of carboxylic acids is 1. The highest BCUT2D eigenvalue weighted by molar-refractivity contribution is 5.98. The largest absolute Gasteiger partial charge is 0.479 e. The predicted molar refractivity (Wildman–Crippen MR) is 68.0 cm³/mol. The number of nitrogens with one attached hydrogen (secondary N) is 1. The van der Waals surface area contributed by atoms with Gasteiger partial charge < -0.3 is 15.0 Å². The quantitative estimate of drug-likeness (QED) is 0.846. The Morgan fingerprint density at radius 2 is 2.26 bits per heavy atom. The molecule has 2 rings (SSSR count). The van der Waals surface area contributed by atoms with Crippen molar-refractivity contribution >= 4 is 11.9 Å². The fraction of sp³-hybridized carbons (Fsp3) is 0.462. The Balaban J connectivity index is 2.38. The van der Waals surface area contributed by atoms with Gasteiger partial charge in [-0.2, -0.15) is 0 Å². The van der Waals surface area contributed by atoms with E-state index in [1.165, 1.54) is 23.2 Å². The molecule has 0 radical (unpaired) electrons. The first-order valence-corrected chi connectivity index (χ1v) is 6.25. The summed E-state index contributed by atoms with van der Waals surface area (Å²) in [7, 11) is 0. The van der Waals surface area contributed by atoms with Crippen LogP contribution in [0.4, 0.5) is 0 Å². The molecule has 0 spiro atoms. The van der Waals surface area contributed by atoms with Crippen molar-refractivity contribution in [2.75, 3.05) is 6.54 Å². The summed E-state index contributed by atoms with van der Waals surface area (Å²) >= 11 is 0. The molecule has 1 amide bonds. The van der Waals surface area contributed by atoms with Gasteiger partial charge in [0.25, 0.3) is 5.91 Å². The number of likely N-dealkylation sites (tertiary alicyclic amines) is 1. The molecule has 1 aromatic heterocycles. The lowest BCUT2D eigenvalue weighted by Gasteiger charge is -2.33. The highest BCUT2D eigenvalue weighted by Crippen LogP contribution is 2.33. The van der Waals surface area contributed by atoms with E-state index in [-0.39, 0.29) is 11.1 Å². The minimum Gasteiger partial charge on any atom is -0.479 e. The normalized spacial score (nSPS) is 22.5. The van der Waals surface area contributed by atoms with Crippen LogP contribution in [-0.4, -0.2) is 39.0 Å². The summed E-state index contributed by atoms with van der Waals surface area (Å²) in [5.41, 5.74) is -1.29. The summed E-state index contributed by atoms with van der Waals surface area (Å²) < 4.78 is 0. The number of pyridine rings is 1. The van der Waals surface area contributed by atoms with E-state index in [0.29, 0.717) is 25.8 Å². The molecule has 1 aliphatic heterocycles. The minimum atomic E-state index is -1.14. The van der Waals surface area contributed by atoms with Crippen LogP contribution >= 0.6 is 0 Å². The first kappa shape index (κ1) is 13.3. The van der Waals surface area contributed by atoms with Gasteiger partial charge in [0.05, 0.1) is 0 Å². The molecule has 0 bridgehead atoms. The molecule has 102 valence electrons. The Hall–Kier alpha value is -2.11.